The maximum atomic E-state index is 11.1. The zero-order valence-corrected chi connectivity index (χ0v) is 11.5. The lowest BCUT2D eigenvalue weighted by Crippen LogP contribution is -2.27. The molecular formula is C15H18N2O3. The number of hydrogen-bond acceptors (Lipinski definition) is 4. The molecule has 1 N–H and O–H groups in total. The van der Waals surface area contributed by atoms with E-state index in [0.717, 1.165) is 19.5 Å². The largest absolute Gasteiger partial charge is 0.477 e. The summed E-state index contributed by atoms with van der Waals surface area (Å²) in [7, 11) is 0. The highest BCUT2D eigenvalue weighted by Gasteiger charge is 2.44. The molecular weight excluding hydrogens is 256 g/mol. The van der Waals surface area contributed by atoms with Crippen molar-refractivity contribution in [3.63, 3.8) is 0 Å². The summed E-state index contributed by atoms with van der Waals surface area (Å²) in [4.78, 5) is 18.5. The molecule has 1 fully saturated rings. The van der Waals surface area contributed by atoms with Crippen molar-refractivity contribution in [2.24, 2.45) is 11.1 Å². The Morgan fingerprint density at radius 3 is 2.70 bits per heavy atom. The van der Waals surface area contributed by atoms with Crippen LogP contribution in [0.3, 0.4) is 0 Å². The summed E-state index contributed by atoms with van der Waals surface area (Å²) >= 11 is 0. The van der Waals surface area contributed by atoms with Crippen LogP contribution in [0, 0.1) is 5.92 Å². The quantitative estimate of drug-likeness (QED) is 0.904. The molecule has 20 heavy (non-hydrogen) atoms. The Kier molecular flexibility index (Phi) is 3.44. The topological polar surface area (TPSA) is 62.1 Å². The fraction of sp³-hybridized carbons (Fsp3) is 0.467. The van der Waals surface area contributed by atoms with Crippen molar-refractivity contribution in [3.05, 3.63) is 35.4 Å². The van der Waals surface area contributed by atoms with Gasteiger partial charge >= 0.3 is 5.97 Å². The fourth-order valence-corrected chi connectivity index (χ4v) is 2.88. The molecule has 2 aliphatic rings. The minimum atomic E-state index is -0.966. The molecule has 1 aromatic carbocycles. The van der Waals surface area contributed by atoms with Crippen molar-refractivity contribution in [1.82, 2.24) is 4.90 Å². The van der Waals surface area contributed by atoms with Gasteiger partial charge in [0, 0.05) is 19.6 Å². The Morgan fingerprint density at radius 2 is 2.05 bits per heavy atom. The van der Waals surface area contributed by atoms with E-state index in [0.29, 0.717) is 6.54 Å². The standard InChI is InChI=1S/C15H18N2O3/c1-2-10-3-5-11(6-4-10)7-17-8-12-13(9-17)20-16-14(12)15(18)19/h3-6,12-13H,2,7-9H2,1H3,(H,18,19). The van der Waals surface area contributed by atoms with Gasteiger partial charge in [-0.25, -0.2) is 4.79 Å². The van der Waals surface area contributed by atoms with Crippen molar-refractivity contribution in [1.29, 1.82) is 0 Å². The number of hydrogen-bond donors (Lipinski definition) is 1. The molecule has 5 heteroatoms. The lowest BCUT2D eigenvalue weighted by Gasteiger charge is -2.16. The van der Waals surface area contributed by atoms with Crippen LogP contribution in [0.15, 0.2) is 29.4 Å². The van der Waals surface area contributed by atoms with Crippen molar-refractivity contribution in [2.45, 2.75) is 26.0 Å². The lowest BCUT2D eigenvalue weighted by molar-refractivity contribution is -0.129. The molecule has 0 radical (unpaired) electrons. The number of carboxylic acids is 1. The van der Waals surface area contributed by atoms with E-state index in [2.05, 4.69) is 41.2 Å². The molecule has 2 atom stereocenters. The maximum Gasteiger partial charge on any atom is 0.354 e. The first-order valence-electron chi connectivity index (χ1n) is 6.94. The smallest absolute Gasteiger partial charge is 0.354 e. The molecule has 5 nitrogen and oxygen atoms in total. The number of benzene rings is 1. The van der Waals surface area contributed by atoms with E-state index in [4.69, 9.17) is 9.94 Å². The van der Waals surface area contributed by atoms with E-state index in [1.54, 1.807) is 0 Å². The number of oxime groups is 1. The predicted octanol–water partition coefficient (Wildman–Crippen LogP) is 1.52. The van der Waals surface area contributed by atoms with Gasteiger partial charge in [-0.3, -0.25) is 4.90 Å². The molecule has 2 heterocycles. The minimum absolute atomic E-state index is 0.0950. The van der Waals surface area contributed by atoms with Crippen molar-refractivity contribution < 1.29 is 14.7 Å². The monoisotopic (exact) mass is 274 g/mol. The molecule has 1 aromatic rings. The fourth-order valence-electron chi connectivity index (χ4n) is 2.88. The van der Waals surface area contributed by atoms with Crippen molar-refractivity contribution in [2.75, 3.05) is 13.1 Å². The molecule has 0 aliphatic carbocycles. The molecule has 3 rings (SSSR count). The van der Waals surface area contributed by atoms with Crippen LogP contribution in [0.2, 0.25) is 0 Å². The van der Waals surface area contributed by atoms with E-state index in [1.807, 2.05) is 0 Å². The van der Waals surface area contributed by atoms with Crippen LogP contribution < -0.4 is 0 Å². The predicted molar refractivity (Wildman–Crippen MR) is 74.5 cm³/mol. The van der Waals surface area contributed by atoms with Crippen LogP contribution in [-0.2, 0) is 22.6 Å². The number of aliphatic carboxylic acids is 1. The Bertz CT molecular complexity index is 539. The van der Waals surface area contributed by atoms with Crippen LogP contribution in [0.4, 0.5) is 0 Å². The number of carboxylic acid groups (broad SMARTS) is 1. The second-order valence-corrected chi connectivity index (χ2v) is 5.40. The summed E-state index contributed by atoms with van der Waals surface area (Å²) < 4.78 is 0. The van der Waals surface area contributed by atoms with Gasteiger partial charge in [0.2, 0.25) is 0 Å². The van der Waals surface area contributed by atoms with Crippen LogP contribution in [0.1, 0.15) is 18.1 Å². The highest BCUT2D eigenvalue weighted by molar-refractivity contribution is 6.36. The minimum Gasteiger partial charge on any atom is -0.477 e. The summed E-state index contributed by atoms with van der Waals surface area (Å²) in [5.74, 6) is -1.06. The molecule has 0 aromatic heterocycles. The molecule has 0 spiro atoms. The number of likely N-dealkylation sites (tertiary alicyclic amines) is 1. The first kappa shape index (κ1) is 13.1. The van der Waals surface area contributed by atoms with Gasteiger partial charge in [-0.2, -0.15) is 0 Å². The molecule has 2 unspecified atom stereocenters. The SMILES string of the molecule is CCc1ccc(CN2CC3ON=C(C(=O)O)C3C2)cc1. The third-order valence-corrected chi connectivity index (χ3v) is 4.04. The van der Waals surface area contributed by atoms with Gasteiger partial charge in [0.25, 0.3) is 0 Å². The van der Waals surface area contributed by atoms with Crippen LogP contribution in [0.25, 0.3) is 0 Å². The van der Waals surface area contributed by atoms with E-state index >= 15 is 0 Å². The maximum absolute atomic E-state index is 11.1. The Balaban J connectivity index is 1.63. The highest BCUT2D eigenvalue weighted by Crippen LogP contribution is 2.28. The number of carbonyl (C=O) groups is 1. The van der Waals surface area contributed by atoms with E-state index in [-0.39, 0.29) is 17.7 Å². The lowest BCUT2D eigenvalue weighted by atomic mass is 10.0. The van der Waals surface area contributed by atoms with Crippen LogP contribution >= 0.6 is 0 Å². The summed E-state index contributed by atoms with van der Waals surface area (Å²) in [5.41, 5.74) is 2.74. The van der Waals surface area contributed by atoms with Gasteiger partial charge in [-0.1, -0.05) is 36.3 Å². The van der Waals surface area contributed by atoms with E-state index in [9.17, 15) is 4.79 Å². The van der Waals surface area contributed by atoms with Crippen LogP contribution in [0.5, 0.6) is 0 Å². The zero-order valence-electron chi connectivity index (χ0n) is 11.5. The molecule has 0 saturated carbocycles. The molecule has 0 amide bonds. The number of aryl methyl sites for hydroxylation is 1. The third-order valence-electron chi connectivity index (χ3n) is 4.04. The average molecular weight is 274 g/mol. The number of rotatable bonds is 4. The Hall–Kier alpha value is -1.88. The van der Waals surface area contributed by atoms with Crippen molar-refractivity contribution in [3.8, 4) is 0 Å². The first-order valence-corrected chi connectivity index (χ1v) is 6.94. The summed E-state index contributed by atoms with van der Waals surface area (Å²) in [6, 6.07) is 8.57. The number of nitrogens with zero attached hydrogens (tertiary/aromatic N) is 2. The van der Waals surface area contributed by atoms with Crippen molar-refractivity contribution >= 4 is 11.7 Å². The third kappa shape index (κ3) is 2.41. The van der Waals surface area contributed by atoms with E-state index < -0.39 is 5.97 Å². The zero-order chi connectivity index (χ0) is 14.1. The highest BCUT2D eigenvalue weighted by atomic mass is 16.6. The van der Waals surface area contributed by atoms with Gasteiger partial charge in [0.05, 0.1) is 5.92 Å². The van der Waals surface area contributed by atoms with Gasteiger partial charge in [0.1, 0.15) is 6.10 Å². The first-order chi connectivity index (χ1) is 9.67. The molecule has 2 aliphatic heterocycles. The molecule has 0 bridgehead atoms. The molecule has 106 valence electrons. The van der Waals surface area contributed by atoms with E-state index in [1.165, 1.54) is 11.1 Å². The number of fused-ring (bicyclic) bond motifs is 1. The summed E-state index contributed by atoms with van der Waals surface area (Å²) in [6.45, 7) is 4.40. The average Bonchev–Trinajstić information content (AvgIpc) is 2.98. The van der Waals surface area contributed by atoms with Gasteiger partial charge in [-0.15, -0.1) is 0 Å². The van der Waals surface area contributed by atoms with Crippen LogP contribution in [-0.4, -0.2) is 40.9 Å². The Morgan fingerprint density at radius 1 is 1.35 bits per heavy atom. The van der Waals surface area contributed by atoms with Gasteiger partial charge in [-0.05, 0) is 17.5 Å². The summed E-state index contributed by atoms with van der Waals surface area (Å²) in [6.07, 6.45) is 0.941. The Labute approximate surface area is 117 Å². The summed E-state index contributed by atoms with van der Waals surface area (Å²) in [5, 5.41) is 12.7. The second kappa shape index (κ2) is 5.25. The second-order valence-electron chi connectivity index (χ2n) is 5.40. The van der Waals surface area contributed by atoms with Gasteiger partial charge in [0.15, 0.2) is 5.71 Å². The molecule has 1 saturated heterocycles. The normalized spacial score (nSPS) is 25.1. The van der Waals surface area contributed by atoms with Gasteiger partial charge < -0.3 is 9.94 Å².